The molecule has 0 saturated carbocycles. The highest BCUT2D eigenvalue weighted by Gasteiger charge is 2.04. The smallest absolute Gasteiger partial charge is 0.191 e. The number of aliphatic imine (C=N–C) groups is 1. The topological polar surface area (TPSA) is 55.4 Å². The van der Waals surface area contributed by atoms with Crippen LogP contribution in [0.15, 0.2) is 35.5 Å². The van der Waals surface area contributed by atoms with Crippen LogP contribution in [0.3, 0.4) is 0 Å². The number of hydrogen-bond donors (Lipinski definition) is 3. The minimum Gasteiger partial charge on any atom is -0.361 e. The fraction of sp³-hybridized carbons (Fsp3) is 0.500. The molecule has 5 nitrogen and oxygen atoms in total. The Hall–Kier alpha value is -2.01. The number of hydrogen-bond acceptors (Lipinski definition) is 2. The summed E-state index contributed by atoms with van der Waals surface area (Å²) >= 11 is 0. The molecular formula is C18H29N5. The van der Waals surface area contributed by atoms with E-state index in [9.17, 15) is 0 Å². The number of likely N-dealkylation sites (N-methyl/N-ethyl adjacent to an activating group) is 1. The molecule has 0 bridgehead atoms. The number of nitrogens with one attached hydrogen (secondary N) is 3. The van der Waals surface area contributed by atoms with Crippen LogP contribution in [0.1, 0.15) is 19.4 Å². The van der Waals surface area contributed by atoms with Crippen molar-refractivity contribution in [2.45, 2.75) is 20.3 Å². The van der Waals surface area contributed by atoms with Crippen molar-refractivity contribution in [2.24, 2.45) is 4.99 Å². The van der Waals surface area contributed by atoms with E-state index in [1.165, 1.54) is 16.5 Å². The van der Waals surface area contributed by atoms with Gasteiger partial charge in [-0.25, -0.2) is 0 Å². The normalized spacial score (nSPS) is 12.1. The lowest BCUT2D eigenvalue weighted by molar-refractivity contribution is 0.308. The molecule has 0 spiro atoms. The number of aromatic amines is 1. The quantitative estimate of drug-likeness (QED) is 0.517. The molecule has 2 aromatic rings. The molecule has 0 aliphatic rings. The fourth-order valence-electron chi connectivity index (χ4n) is 2.75. The standard InChI is InChI=1S/C18H29N5/c1-4-23(5-2)13-12-21-18(19-3)20-11-10-15-14-22-17-9-7-6-8-16(15)17/h6-9,14,22H,4-5,10-13H2,1-3H3,(H2,19,20,21). The number of fused-ring (bicyclic) bond motifs is 1. The highest BCUT2D eigenvalue weighted by atomic mass is 15.2. The minimum atomic E-state index is 0.868. The Morgan fingerprint density at radius 3 is 2.61 bits per heavy atom. The highest BCUT2D eigenvalue weighted by molar-refractivity contribution is 5.83. The zero-order valence-electron chi connectivity index (χ0n) is 14.5. The van der Waals surface area contributed by atoms with E-state index in [2.05, 4.69) is 69.8 Å². The van der Waals surface area contributed by atoms with Crippen molar-refractivity contribution in [1.29, 1.82) is 0 Å². The van der Waals surface area contributed by atoms with Gasteiger partial charge in [0.2, 0.25) is 0 Å². The molecule has 0 radical (unpaired) electrons. The Kier molecular flexibility index (Phi) is 6.94. The molecule has 0 aliphatic carbocycles. The Bertz CT molecular complexity index is 613. The van der Waals surface area contributed by atoms with Crippen molar-refractivity contribution >= 4 is 16.9 Å². The zero-order chi connectivity index (χ0) is 16.5. The monoisotopic (exact) mass is 315 g/mol. The van der Waals surface area contributed by atoms with E-state index in [0.29, 0.717) is 0 Å². The second kappa shape index (κ2) is 9.20. The van der Waals surface area contributed by atoms with Crippen LogP contribution in [0.5, 0.6) is 0 Å². The summed E-state index contributed by atoms with van der Waals surface area (Å²) in [5.74, 6) is 0.872. The summed E-state index contributed by atoms with van der Waals surface area (Å²) in [6, 6.07) is 8.42. The van der Waals surface area contributed by atoms with Crippen molar-refractivity contribution in [3.8, 4) is 0 Å². The summed E-state index contributed by atoms with van der Waals surface area (Å²) in [5.41, 5.74) is 2.54. The first kappa shape index (κ1) is 17.3. The second-order valence-electron chi connectivity index (χ2n) is 5.56. The van der Waals surface area contributed by atoms with Gasteiger partial charge in [-0.15, -0.1) is 0 Å². The number of nitrogens with zero attached hydrogens (tertiary/aromatic N) is 2. The number of rotatable bonds is 8. The van der Waals surface area contributed by atoms with Crippen molar-refractivity contribution in [2.75, 3.05) is 39.8 Å². The Balaban J connectivity index is 1.75. The van der Waals surface area contributed by atoms with Gasteiger partial charge in [0.25, 0.3) is 0 Å². The molecule has 5 heteroatoms. The van der Waals surface area contributed by atoms with Gasteiger partial charge in [0.1, 0.15) is 0 Å². The maximum Gasteiger partial charge on any atom is 0.191 e. The first-order valence-electron chi connectivity index (χ1n) is 8.50. The van der Waals surface area contributed by atoms with E-state index in [0.717, 1.165) is 45.1 Å². The first-order valence-corrected chi connectivity index (χ1v) is 8.50. The van der Waals surface area contributed by atoms with Gasteiger partial charge in [-0.1, -0.05) is 32.0 Å². The molecule has 126 valence electrons. The summed E-state index contributed by atoms with van der Waals surface area (Å²) in [4.78, 5) is 10.0. The van der Waals surface area contributed by atoms with E-state index >= 15 is 0 Å². The van der Waals surface area contributed by atoms with Crippen LogP contribution in [0.25, 0.3) is 10.9 Å². The van der Waals surface area contributed by atoms with Gasteiger partial charge in [-0.2, -0.15) is 0 Å². The number of H-pyrrole nitrogens is 1. The lowest BCUT2D eigenvalue weighted by Crippen LogP contribution is -2.42. The molecule has 23 heavy (non-hydrogen) atoms. The van der Waals surface area contributed by atoms with Gasteiger partial charge in [0.05, 0.1) is 0 Å². The SMILES string of the molecule is CCN(CC)CCNC(=NC)NCCc1c[nH]c2ccccc12. The first-order chi connectivity index (χ1) is 11.3. The zero-order valence-corrected chi connectivity index (χ0v) is 14.5. The largest absolute Gasteiger partial charge is 0.361 e. The van der Waals surface area contributed by atoms with Crippen molar-refractivity contribution < 1.29 is 0 Å². The summed E-state index contributed by atoms with van der Waals surface area (Å²) in [5, 5.41) is 8.07. The van der Waals surface area contributed by atoms with Gasteiger partial charge >= 0.3 is 0 Å². The second-order valence-corrected chi connectivity index (χ2v) is 5.56. The maximum absolute atomic E-state index is 4.29. The van der Waals surface area contributed by atoms with Crippen LogP contribution >= 0.6 is 0 Å². The maximum atomic E-state index is 4.29. The number of aromatic nitrogens is 1. The van der Waals surface area contributed by atoms with Crippen LogP contribution < -0.4 is 10.6 Å². The number of benzene rings is 1. The molecule has 3 N–H and O–H groups in total. The van der Waals surface area contributed by atoms with Gasteiger partial charge < -0.3 is 20.5 Å². The van der Waals surface area contributed by atoms with E-state index in [4.69, 9.17) is 0 Å². The predicted octanol–water partition coefficient (Wildman–Crippen LogP) is 2.22. The predicted molar refractivity (Wildman–Crippen MR) is 99.2 cm³/mol. The van der Waals surface area contributed by atoms with E-state index in [-0.39, 0.29) is 0 Å². The van der Waals surface area contributed by atoms with Crippen LogP contribution in [0.4, 0.5) is 0 Å². The molecule has 0 saturated heterocycles. The molecule has 2 rings (SSSR count). The molecule has 0 atom stereocenters. The summed E-state index contributed by atoms with van der Waals surface area (Å²) < 4.78 is 0. The molecule has 0 fully saturated rings. The van der Waals surface area contributed by atoms with Crippen molar-refractivity contribution in [3.05, 3.63) is 36.0 Å². The average molecular weight is 315 g/mol. The molecule has 0 aliphatic heterocycles. The molecule has 0 unspecified atom stereocenters. The highest BCUT2D eigenvalue weighted by Crippen LogP contribution is 2.17. The van der Waals surface area contributed by atoms with Crippen molar-refractivity contribution in [1.82, 2.24) is 20.5 Å². The van der Waals surface area contributed by atoms with E-state index in [1.807, 2.05) is 7.05 Å². The molecule has 0 amide bonds. The van der Waals surface area contributed by atoms with Crippen LogP contribution in [-0.2, 0) is 6.42 Å². The molecule has 1 aromatic heterocycles. The fourth-order valence-corrected chi connectivity index (χ4v) is 2.75. The van der Waals surface area contributed by atoms with Gasteiger partial charge in [0, 0.05) is 43.8 Å². The summed E-state index contributed by atoms with van der Waals surface area (Å²) in [6.45, 7) is 9.38. The van der Waals surface area contributed by atoms with E-state index < -0.39 is 0 Å². The molecular weight excluding hydrogens is 286 g/mol. The number of guanidine groups is 1. The third kappa shape index (κ3) is 4.99. The van der Waals surface area contributed by atoms with E-state index in [1.54, 1.807) is 0 Å². The Labute approximate surface area is 139 Å². The Morgan fingerprint density at radius 2 is 1.87 bits per heavy atom. The van der Waals surface area contributed by atoms with Crippen molar-refractivity contribution in [3.63, 3.8) is 0 Å². The van der Waals surface area contributed by atoms with Gasteiger partial charge in [0.15, 0.2) is 5.96 Å². The van der Waals surface area contributed by atoms with Gasteiger partial charge in [-0.05, 0) is 31.1 Å². The van der Waals surface area contributed by atoms with Crippen LogP contribution in [-0.4, -0.2) is 55.6 Å². The average Bonchev–Trinajstić information content (AvgIpc) is 3.00. The lowest BCUT2D eigenvalue weighted by Gasteiger charge is -2.19. The number of para-hydroxylation sites is 1. The van der Waals surface area contributed by atoms with Gasteiger partial charge in [-0.3, -0.25) is 4.99 Å². The minimum absolute atomic E-state index is 0.868. The summed E-state index contributed by atoms with van der Waals surface area (Å²) in [7, 11) is 1.82. The Morgan fingerprint density at radius 1 is 1.13 bits per heavy atom. The third-order valence-electron chi connectivity index (χ3n) is 4.20. The molecule has 1 aromatic carbocycles. The third-order valence-corrected chi connectivity index (χ3v) is 4.20. The van der Waals surface area contributed by atoms with Crippen LogP contribution in [0.2, 0.25) is 0 Å². The van der Waals surface area contributed by atoms with Crippen LogP contribution in [0, 0.1) is 0 Å². The molecule has 1 heterocycles. The lowest BCUT2D eigenvalue weighted by atomic mass is 10.1. The summed E-state index contributed by atoms with van der Waals surface area (Å²) in [6.07, 6.45) is 3.07.